The molecule has 0 bridgehead atoms. The second-order valence-corrected chi connectivity index (χ2v) is 8.10. The second kappa shape index (κ2) is 8.32. The zero-order chi connectivity index (χ0) is 22.1. The highest BCUT2D eigenvalue weighted by atomic mass is 32.1. The largest absolute Gasteiger partial charge is 0.497 e. The van der Waals surface area contributed by atoms with Crippen molar-refractivity contribution in [3.63, 3.8) is 0 Å². The van der Waals surface area contributed by atoms with Gasteiger partial charge < -0.3 is 14.0 Å². The van der Waals surface area contributed by atoms with Crippen LogP contribution in [-0.2, 0) is 7.05 Å². The van der Waals surface area contributed by atoms with E-state index < -0.39 is 0 Å². The number of ether oxygens (including phenoxy) is 2. The Kier molecular flexibility index (Phi) is 5.20. The number of rotatable bonds is 6. The van der Waals surface area contributed by atoms with E-state index in [1.54, 1.807) is 31.8 Å². The molecule has 160 valence electrons. The van der Waals surface area contributed by atoms with Gasteiger partial charge in [0.05, 0.1) is 36.3 Å². The molecule has 3 aromatic heterocycles. The van der Waals surface area contributed by atoms with E-state index in [-0.39, 0.29) is 0 Å². The van der Waals surface area contributed by atoms with Gasteiger partial charge in [-0.25, -0.2) is 15.4 Å². The average Bonchev–Trinajstić information content (AvgIpc) is 3.43. The fraction of sp³-hybridized carbons (Fsp3) is 0.125. The normalized spacial score (nSPS) is 11.5. The minimum atomic E-state index is 0.433. The van der Waals surface area contributed by atoms with E-state index in [9.17, 15) is 0 Å². The summed E-state index contributed by atoms with van der Waals surface area (Å²) in [6.07, 6.45) is 3.79. The van der Waals surface area contributed by atoms with E-state index in [2.05, 4.69) is 38.4 Å². The molecular weight excluding hydrogens is 422 g/mol. The third kappa shape index (κ3) is 3.54. The molecule has 7 nitrogen and oxygen atoms in total. The van der Waals surface area contributed by atoms with Crippen molar-refractivity contribution in [2.75, 3.05) is 19.6 Å². The summed E-state index contributed by atoms with van der Waals surface area (Å²) in [5, 5.41) is 7.53. The Hall–Kier alpha value is -3.91. The number of hydrogen-bond acceptors (Lipinski definition) is 7. The number of aryl methyl sites for hydroxylation is 1. The lowest BCUT2D eigenvalue weighted by Gasteiger charge is -2.07. The number of nitrogens with one attached hydrogen (secondary N) is 1. The van der Waals surface area contributed by atoms with Crippen LogP contribution in [0.5, 0.6) is 11.5 Å². The number of para-hydroxylation sites is 1. The van der Waals surface area contributed by atoms with E-state index in [1.807, 2.05) is 48.8 Å². The molecule has 0 saturated heterocycles. The molecule has 5 rings (SSSR count). The van der Waals surface area contributed by atoms with Crippen LogP contribution in [0.2, 0.25) is 0 Å². The quantitative estimate of drug-likeness (QED) is 0.284. The fourth-order valence-electron chi connectivity index (χ4n) is 3.71. The molecule has 0 saturated carbocycles. The Morgan fingerprint density at radius 3 is 2.78 bits per heavy atom. The van der Waals surface area contributed by atoms with Crippen LogP contribution >= 0.6 is 11.3 Å². The molecule has 2 aromatic carbocycles. The van der Waals surface area contributed by atoms with Crippen LogP contribution in [0.1, 0.15) is 5.56 Å². The van der Waals surface area contributed by atoms with Crippen molar-refractivity contribution in [1.82, 2.24) is 14.5 Å². The van der Waals surface area contributed by atoms with Crippen molar-refractivity contribution in [2.24, 2.45) is 12.1 Å². The first-order chi connectivity index (χ1) is 15.7. The highest BCUT2D eigenvalue weighted by Gasteiger charge is 2.16. The highest BCUT2D eigenvalue weighted by molar-refractivity contribution is 7.17. The summed E-state index contributed by atoms with van der Waals surface area (Å²) >= 11 is 1.64. The maximum atomic E-state index is 5.43. The molecule has 0 amide bonds. The molecule has 0 aliphatic heterocycles. The minimum Gasteiger partial charge on any atom is -0.497 e. The minimum absolute atomic E-state index is 0.433. The number of thiophene rings is 1. The molecule has 3 heterocycles. The predicted molar refractivity (Wildman–Crippen MR) is 130 cm³/mol. The van der Waals surface area contributed by atoms with Gasteiger partial charge in [-0.15, -0.1) is 11.3 Å². The van der Waals surface area contributed by atoms with Gasteiger partial charge in [-0.05, 0) is 29.6 Å². The zero-order valence-corrected chi connectivity index (χ0v) is 18.7. The molecule has 0 unspecified atom stereocenters. The van der Waals surface area contributed by atoms with Crippen molar-refractivity contribution in [1.29, 1.82) is 0 Å². The Morgan fingerprint density at radius 1 is 1.06 bits per heavy atom. The average molecular weight is 444 g/mol. The van der Waals surface area contributed by atoms with Gasteiger partial charge in [-0.1, -0.05) is 18.2 Å². The van der Waals surface area contributed by atoms with Gasteiger partial charge in [-0.3, -0.25) is 0 Å². The van der Waals surface area contributed by atoms with E-state index in [4.69, 9.17) is 14.5 Å². The Bertz CT molecular complexity index is 1450. The van der Waals surface area contributed by atoms with Crippen molar-refractivity contribution in [3.8, 4) is 22.8 Å². The summed E-state index contributed by atoms with van der Waals surface area (Å²) in [4.78, 5) is 9.44. The van der Waals surface area contributed by atoms with Crippen molar-refractivity contribution in [3.05, 3.63) is 65.7 Å². The lowest BCUT2D eigenvalue weighted by atomic mass is 10.1. The Morgan fingerprint density at radius 2 is 1.94 bits per heavy atom. The molecule has 0 atom stereocenters. The van der Waals surface area contributed by atoms with Crippen molar-refractivity contribution in [2.45, 2.75) is 0 Å². The van der Waals surface area contributed by atoms with Gasteiger partial charge in [0, 0.05) is 41.3 Å². The van der Waals surface area contributed by atoms with Gasteiger partial charge in [-0.2, -0.15) is 5.10 Å². The van der Waals surface area contributed by atoms with Crippen molar-refractivity contribution >= 4 is 44.6 Å². The van der Waals surface area contributed by atoms with E-state index in [0.29, 0.717) is 11.7 Å². The molecule has 1 N–H and O–H groups in total. The number of hydrogen-bond donors (Lipinski definition) is 1. The van der Waals surface area contributed by atoms with Gasteiger partial charge in [0.25, 0.3) is 0 Å². The fourth-order valence-corrected chi connectivity index (χ4v) is 4.55. The predicted octanol–water partition coefficient (Wildman–Crippen LogP) is 5.31. The molecule has 32 heavy (non-hydrogen) atoms. The van der Waals surface area contributed by atoms with Crippen LogP contribution < -0.4 is 14.9 Å². The third-order valence-electron chi connectivity index (χ3n) is 5.26. The van der Waals surface area contributed by atoms with Gasteiger partial charge in [0.2, 0.25) is 5.95 Å². The summed E-state index contributed by atoms with van der Waals surface area (Å²) in [5.74, 6) is 1.82. The Labute approximate surface area is 189 Å². The first-order valence-electron chi connectivity index (χ1n) is 9.98. The monoisotopic (exact) mass is 443 g/mol. The lowest BCUT2D eigenvalue weighted by Crippen LogP contribution is -1.99. The standard InChI is InChI=1S/C24H21N5O2S/c1-29-14-18(17-6-4-5-7-20(17)29)22-23-19(10-11-32-23)26-24(27-22)28-25-13-15-8-9-16(30-2)12-21(15)31-3/h4-14H,1-3H3,(H,26,27,28)/b25-13+. The lowest BCUT2D eigenvalue weighted by molar-refractivity contribution is 0.394. The van der Waals surface area contributed by atoms with Gasteiger partial charge in [0.1, 0.15) is 11.5 Å². The molecule has 0 aliphatic carbocycles. The first kappa shape index (κ1) is 20.0. The number of fused-ring (bicyclic) bond motifs is 2. The first-order valence-corrected chi connectivity index (χ1v) is 10.9. The van der Waals surface area contributed by atoms with E-state index in [1.165, 1.54) is 0 Å². The molecule has 0 aliphatic rings. The number of hydrazone groups is 1. The Balaban J connectivity index is 1.52. The molecule has 5 aromatic rings. The third-order valence-corrected chi connectivity index (χ3v) is 6.17. The van der Waals surface area contributed by atoms with Crippen molar-refractivity contribution < 1.29 is 9.47 Å². The number of nitrogens with zero attached hydrogens (tertiary/aromatic N) is 4. The zero-order valence-electron chi connectivity index (χ0n) is 17.9. The van der Waals surface area contributed by atoms with Crippen LogP contribution in [-0.4, -0.2) is 35.0 Å². The topological polar surface area (TPSA) is 73.6 Å². The van der Waals surface area contributed by atoms with Crippen LogP contribution in [0.25, 0.3) is 32.4 Å². The summed E-state index contributed by atoms with van der Waals surface area (Å²) in [6, 6.07) is 15.9. The molecule has 0 fully saturated rings. The van der Waals surface area contributed by atoms with Gasteiger partial charge >= 0.3 is 0 Å². The molecule has 8 heteroatoms. The smallest absolute Gasteiger partial charge is 0.244 e. The summed E-state index contributed by atoms with van der Waals surface area (Å²) in [6.45, 7) is 0. The SMILES string of the molecule is COc1ccc(/C=N/Nc2nc(-c3cn(C)c4ccccc34)c3sccc3n2)c(OC)c1. The van der Waals surface area contributed by atoms with E-state index >= 15 is 0 Å². The maximum absolute atomic E-state index is 5.43. The molecule has 0 radical (unpaired) electrons. The number of benzene rings is 2. The van der Waals surface area contributed by atoms with E-state index in [0.717, 1.165) is 43.7 Å². The van der Waals surface area contributed by atoms with Gasteiger partial charge in [0.15, 0.2) is 0 Å². The summed E-state index contributed by atoms with van der Waals surface area (Å²) in [5.41, 5.74) is 7.79. The summed E-state index contributed by atoms with van der Waals surface area (Å²) < 4.78 is 13.8. The van der Waals surface area contributed by atoms with Crippen LogP contribution in [0, 0.1) is 0 Å². The van der Waals surface area contributed by atoms with Crippen LogP contribution in [0.4, 0.5) is 5.95 Å². The number of aromatic nitrogens is 3. The highest BCUT2D eigenvalue weighted by Crippen LogP contribution is 2.36. The molecular formula is C24H21N5O2S. The second-order valence-electron chi connectivity index (χ2n) is 7.18. The summed E-state index contributed by atoms with van der Waals surface area (Å²) in [7, 11) is 5.28. The van der Waals surface area contributed by atoms with Crippen LogP contribution in [0.3, 0.4) is 0 Å². The maximum Gasteiger partial charge on any atom is 0.244 e. The number of anilines is 1. The number of methoxy groups -OCH3 is 2. The van der Waals surface area contributed by atoms with Crippen LogP contribution in [0.15, 0.2) is 65.2 Å². The molecule has 0 spiro atoms.